The summed E-state index contributed by atoms with van der Waals surface area (Å²) in [6, 6.07) is 4.48. The number of nitrogens with two attached hydrogens (primary N) is 1. The molecule has 2 aromatic rings. The largest absolute Gasteiger partial charge is 0.375 e. The van der Waals surface area contributed by atoms with Crippen LogP contribution in [0, 0.1) is 0 Å². The van der Waals surface area contributed by atoms with E-state index in [-0.39, 0.29) is 11.3 Å². The second-order valence-electron chi connectivity index (χ2n) is 4.07. The van der Waals surface area contributed by atoms with E-state index in [9.17, 15) is 14.4 Å². The van der Waals surface area contributed by atoms with Gasteiger partial charge in [0, 0.05) is 11.1 Å². The van der Waals surface area contributed by atoms with E-state index in [2.05, 4.69) is 15.6 Å². The van der Waals surface area contributed by atoms with Gasteiger partial charge in [0.05, 0.1) is 11.1 Å². The lowest BCUT2D eigenvalue weighted by Gasteiger charge is -2.04. The first-order chi connectivity index (χ1) is 9.54. The summed E-state index contributed by atoms with van der Waals surface area (Å²) in [5.74, 6) is -1.34. The molecular formula is C12H8N4O3S. The normalized spacial score (nSPS) is 13.0. The molecular weight excluding hydrogens is 280 g/mol. The Balaban J connectivity index is 1.86. The Labute approximate surface area is 116 Å². The Morgan fingerprint density at radius 2 is 2.00 bits per heavy atom. The number of imide groups is 1. The second kappa shape index (κ2) is 4.42. The summed E-state index contributed by atoms with van der Waals surface area (Å²) in [6.07, 6.45) is 0. The van der Waals surface area contributed by atoms with Crippen molar-refractivity contribution >= 4 is 39.9 Å². The van der Waals surface area contributed by atoms with Crippen LogP contribution in [0.4, 0.5) is 10.8 Å². The predicted octanol–water partition coefficient (Wildman–Crippen LogP) is 0.861. The summed E-state index contributed by atoms with van der Waals surface area (Å²) in [7, 11) is 0. The fourth-order valence-corrected chi connectivity index (χ4v) is 2.38. The van der Waals surface area contributed by atoms with E-state index in [1.807, 2.05) is 0 Å². The van der Waals surface area contributed by atoms with Crippen LogP contribution in [0.15, 0.2) is 23.6 Å². The van der Waals surface area contributed by atoms with E-state index in [1.165, 1.54) is 17.5 Å². The fourth-order valence-electron chi connectivity index (χ4n) is 1.83. The van der Waals surface area contributed by atoms with Crippen LogP contribution in [-0.2, 0) is 0 Å². The molecule has 7 nitrogen and oxygen atoms in total. The van der Waals surface area contributed by atoms with Crippen LogP contribution in [0.25, 0.3) is 0 Å². The van der Waals surface area contributed by atoms with Gasteiger partial charge < -0.3 is 11.1 Å². The van der Waals surface area contributed by atoms with Crippen LogP contribution in [-0.4, -0.2) is 22.7 Å². The number of thiazole rings is 1. The lowest BCUT2D eigenvalue weighted by molar-refractivity contribution is 0.0878. The molecule has 20 heavy (non-hydrogen) atoms. The Bertz CT molecular complexity index is 753. The number of benzene rings is 1. The number of amides is 3. The topological polar surface area (TPSA) is 114 Å². The molecule has 3 amide bonds. The van der Waals surface area contributed by atoms with Crippen molar-refractivity contribution in [3.05, 3.63) is 40.4 Å². The van der Waals surface area contributed by atoms with Crippen molar-refractivity contribution in [2.24, 2.45) is 0 Å². The van der Waals surface area contributed by atoms with Crippen molar-refractivity contribution in [1.29, 1.82) is 0 Å². The molecule has 2 heterocycles. The molecule has 1 aromatic carbocycles. The number of hydrogen-bond acceptors (Lipinski definition) is 6. The quantitative estimate of drug-likeness (QED) is 0.709. The van der Waals surface area contributed by atoms with E-state index in [1.54, 1.807) is 6.07 Å². The van der Waals surface area contributed by atoms with Gasteiger partial charge in [-0.05, 0) is 18.2 Å². The Morgan fingerprint density at radius 1 is 1.25 bits per heavy atom. The van der Waals surface area contributed by atoms with Crippen LogP contribution in [0.5, 0.6) is 0 Å². The van der Waals surface area contributed by atoms with Crippen LogP contribution in [0.3, 0.4) is 0 Å². The smallest absolute Gasteiger partial charge is 0.275 e. The van der Waals surface area contributed by atoms with Crippen molar-refractivity contribution in [2.75, 3.05) is 11.1 Å². The SMILES string of the molecule is Nc1nc(C(=O)Nc2ccc3c(c2)C(=O)NC3=O)cs1. The number of carbonyl (C=O) groups excluding carboxylic acids is 3. The van der Waals surface area contributed by atoms with Gasteiger partial charge in [0.2, 0.25) is 0 Å². The van der Waals surface area contributed by atoms with Crippen LogP contribution in [0.1, 0.15) is 31.2 Å². The van der Waals surface area contributed by atoms with E-state index in [0.717, 1.165) is 11.3 Å². The summed E-state index contributed by atoms with van der Waals surface area (Å²) >= 11 is 1.16. The fraction of sp³-hybridized carbons (Fsp3) is 0. The van der Waals surface area contributed by atoms with E-state index < -0.39 is 17.7 Å². The molecule has 0 aliphatic carbocycles. The summed E-state index contributed by atoms with van der Waals surface area (Å²) in [4.78, 5) is 38.6. The molecule has 0 atom stereocenters. The number of aromatic nitrogens is 1. The van der Waals surface area contributed by atoms with Gasteiger partial charge in [0.25, 0.3) is 17.7 Å². The number of nitrogens with zero attached hydrogens (tertiary/aromatic N) is 1. The number of carbonyl (C=O) groups is 3. The van der Waals surface area contributed by atoms with Gasteiger partial charge >= 0.3 is 0 Å². The second-order valence-corrected chi connectivity index (χ2v) is 4.96. The van der Waals surface area contributed by atoms with Gasteiger partial charge in [-0.2, -0.15) is 0 Å². The van der Waals surface area contributed by atoms with Gasteiger partial charge in [0.15, 0.2) is 5.13 Å². The maximum atomic E-state index is 11.9. The molecule has 4 N–H and O–H groups in total. The molecule has 1 aromatic heterocycles. The molecule has 0 unspecified atom stereocenters. The van der Waals surface area contributed by atoms with Crippen molar-refractivity contribution in [1.82, 2.24) is 10.3 Å². The molecule has 0 saturated heterocycles. The molecule has 0 fully saturated rings. The molecule has 1 aliphatic heterocycles. The zero-order chi connectivity index (χ0) is 14.3. The highest BCUT2D eigenvalue weighted by Crippen LogP contribution is 2.21. The average molecular weight is 288 g/mol. The number of hydrogen-bond donors (Lipinski definition) is 3. The first-order valence-corrected chi connectivity index (χ1v) is 6.44. The molecule has 0 saturated carbocycles. The van der Waals surface area contributed by atoms with Crippen molar-refractivity contribution in [3.63, 3.8) is 0 Å². The number of nitrogens with one attached hydrogen (secondary N) is 2. The van der Waals surface area contributed by atoms with Gasteiger partial charge in [-0.1, -0.05) is 0 Å². The Hall–Kier alpha value is -2.74. The van der Waals surface area contributed by atoms with Gasteiger partial charge in [-0.3, -0.25) is 19.7 Å². The average Bonchev–Trinajstić information content (AvgIpc) is 2.95. The summed E-state index contributed by atoms with van der Waals surface area (Å²) in [5.41, 5.74) is 6.60. The molecule has 8 heteroatoms. The van der Waals surface area contributed by atoms with Crippen molar-refractivity contribution < 1.29 is 14.4 Å². The maximum Gasteiger partial charge on any atom is 0.275 e. The third-order valence-electron chi connectivity index (χ3n) is 2.75. The molecule has 0 bridgehead atoms. The number of anilines is 2. The van der Waals surface area contributed by atoms with E-state index in [4.69, 9.17) is 5.73 Å². The van der Waals surface area contributed by atoms with Crippen molar-refractivity contribution in [3.8, 4) is 0 Å². The number of rotatable bonds is 2. The lowest BCUT2D eigenvalue weighted by atomic mass is 10.1. The third kappa shape index (κ3) is 2.01. The molecule has 3 rings (SSSR count). The monoisotopic (exact) mass is 288 g/mol. The zero-order valence-corrected chi connectivity index (χ0v) is 10.8. The molecule has 0 radical (unpaired) electrons. The highest BCUT2D eigenvalue weighted by Gasteiger charge is 2.26. The van der Waals surface area contributed by atoms with Crippen LogP contribution in [0.2, 0.25) is 0 Å². The van der Waals surface area contributed by atoms with E-state index in [0.29, 0.717) is 16.4 Å². The van der Waals surface area contributed by atoms with Crippen LogP contribution < -0.4 is 16.4 Å². The molecule has 100 valence electrons. The first kappa shape index (κ1) is 12.3. The minimum atomic E-state index is -0.473. The van der Waals surface area contributed by atoms with Gasteiger partial charge in [-0.25, -0.2) is 4.98 Å². The highest BCUT2D eigenvalue weighted by molar-refractivity contribution is 7.13. The highest BCUT2D eigenvalue weighted by atomic mass is 32.1. The first-order valence-electron chi connectivity index (χ1n) is 5.56. The third-order valence-corrected chi connectivity index (χ3v) is 3.42. The molecule has 1 aliphatic rings. The maximum absolute atomic E-state index is 11.9. The van der Waals surface area contributed by atoms with Crippen molar-refractivity contribution in [2.45, 2.75) is 0 Å². The number of fused-ring (bicyclic) bond motifs is 1. The zero-order valence-electron chi connectivity index (χ0n) is 9.97. The summed E-state index contributed by atoms with van der Waals surface area (Å²) in [5, 5.41) is 6.61. The minimum Gasteiger partial charge on any atom is -0.375 e. The molecule has 0 spiro atoms. The number of nitrogen functional groups attached to an aromatic ring is 1. The summed E-state index contributed by atoms with van der Waals surface area (Å²) in [6.45, 7) is 0. The predicted molar refractivity (Wildman–Crippen MR) is 72.7 cm³/mol. The van der Waals surface area contributed by atoms with Gasteiger partial charge in [-0.15, -0.1) is 11.3 Å². The lowest BCUT2D eigenvalue weighted by Crippen LogP contribution is -2.19. The van der Waals surface area contributed by atoms with Crippen LogP contribution >= 0.6 is 11.3 Å². The van der Waals surface area contributed by atoms with E-state index >= 15 is 0 Å². The summed E-state index contributed by atoms with van der Waals surface area (Å²) < 4.78 is 0. The Morgan fingerprint density at radius 3 is 2.70 bits per heavy atom. The van der Waals surface area contributed by atoms with Gasteiger partial charge in [0.1, 0.15) is 5.69 Å². The minimum absolute atomic E-state index is 0.202. The standard InChI is InChI=1S/C12H8N4O3S/c13-12-15-8(4-20-12)11(19)14-5-1-2-6-7(3-5)10(18)16-9(6)17/h1-4H,(H2,13,15)(H,14,19)(H,16,17,18). The Kier molecular flexibility index (Phi) is 2.72.